The number of rotatable bonds is 6. The normalized spacial score (nSPS) is 14.1. The van der Waals surface area contributed by atoms with Gasteiger partial charge >= 0.3 is 0 Å². The van der Waals surface area contributed by atoms with Gasteiger partial charge in [0.05, 0.1) is 0 Å². The van der Waals surface area contributed by atoms with Gasteiger partial charge in [0, 0.05) is 0 Å². The second kappa shape index (κ2) is 7.84. The standard InChI is InChI=1S/C11H22/c1-4-6-7-8-9-10-11(3)5-2/h8-9,11H,4-7,10H2,1-3H3/b9-8+/t11-/m0/s1. The lowest BCUT2D eigenvalue weighted by molar-refractivity contribution is 0.571. The molecule has 0 aromatic heterocycles. The summed E-state index contributed by atoms with van der Waals surface area (Å²) in [5, 5.41) is 0. The lowest BCUT2D eigenvalue weighted by Crippen LogP contribution is -1.87. The smallest absolute Gasteiger partial charge is 0.0325 e. The molecular weight excluding hydrogens is 132 g/mol. The van der Waals surface area contributed by atoms with Crippen LogP contribution >= 0.6 is 0 Å². The summed E-state index contributed by atoms with van der Waals surface area (Å²) >= 11 is 0. The van der Waals surface area contributed by atoms with Crippen LogP contribution in [-0.2, 0) is 0 Å². The molecule has 0 N–H and O–H groups in total. The second-order valence-corrected chi connectivity index (χ2v) is 3.36. The maximum absolute atomic E-state index is 2.34. The minimum absolute atomic E-state index is 0.868. The van der Waals surface area contributed by atoms with Gasteiger partial charge < -0.3 is 0 Å². The van der Waals surface area contributed by atoms with Gasteiger partial charge in [-0.1, -0.05) is 52.2 Å². The Balaban J connectivity index is 3.15. The highest BCUT2D eigenvalue weighted by atomic mass is 14.0. The minimum Gasteiger partial charge on any atom is -0.0885 e. The van der Waals surface area contributed by atoms with Crippen LogP contribution in [0.2, 0.25) is 0 Å². The van der Waals surface area contributed by atoms with Gasteiger partial charge in [0.1, 0.15) is 0 Å². The van der Waals surface area contributed by atoms with Gasteiger partial charge in [0.2, 0.25) is 0 Å². The highest BCUT2D eigenvalue weighted by molar-refractivity contribution is 4.82. The SMILES string of the molecule is CCCC/C=C/C[C@@H](C)CC. The predicted octanol–water partition coefficient (Wildman–Crippen LogP) is 4.17. The molecule has 0 saturated heterocycles. The Labute approximate surface area is 71.7 Å². The summed E-state index contributed by atoms with van der Waals surface area (Å²) in [7, 11) is 0. The highest BCUT2D eigenvalue weighted by Gasteiger charge is 1.92. The van der Waals surface area contributed by atoms with Crippen molar-refractivity contribution >= 4 is 0 Å². The van der Waals surface area contributed by atoms with Crippen molar-refractivity contribution in [2.75, 3.05) is 0 Å². The van der Waals surface area contributed by atoms with E-state index >= 15 is 0 Å². The molecule has 0 heterocycles. The molecule has 0 bridgehead atoms. The van der Waals surface area contributed by atoms with Crippen LogP contribution in [0, 0.1) is 5.92 Å². The third-order valence-corrected chi connectivity index (χ3v) is 2.13. The molecule has 11 heavy (non-hydrogen) atoms. The molecule has 0 aliphatic carbocycles. The van der Waals surface area contributed by atoms with Crippen LogP contribution in [0.1, 0.15) is 52.9 Å². The molecule has 0 aliphatic rings. The first-order valence-corrected chi connectivity index (χ1v) is 4.96. The Kier molecular flexibility index (Phi) is 7.66. The number of hydrogen-bond acceptors (Lipinski definition) is 0. The number of unbranched alkanes of at least 4 members (excludes halogenated alkanes) is 2. The van der Waals surface area contributed by atoms with Crippen LogP contribution in [0.15, 0.2) is 12.2 Å². The van der Waals surface area contributed by atoms with Gasteiger partial charge in [-0.05, 0) is 18.8 Å². The van der Waals surface area contributed by atoms with E-state index in [4.69, 9.17) is 0 Å². The van der Waals surface area contributed by atoms with Crippen molar-refractivity contribution in [1.82, 2.24) is 0 Å². The van der Waals surface area contributed by atoms with Crippen molar-refractivity contribution in [2.45, 2.75) is 52.9 Å². The Hall–Kier alpha value is -0.260. The average Bonchev–Trinajstić information content (AvgIpc) is 2.04. The summed E-state index contributed by atoms with van der Waals surface area (Å²) in [5.74, 6) is 0.868. The summed E-state index contributed by atoms with van der Waals surface area (Å²) in [6, 6.07) is 0. The quantitative estimate of drug-likeness (QED) is 0.398. The fraction of sp³-hybridized carbons (Fsp3) is 0.818. The molecule has 0 saturated carbocycles. The zero-order valence-electron chi connectivity index (χ0n) is 8.27. The van der Waals surface area contributed by atoms with E-state index in [1.54, 1.807) is 0 Å². The summed E-state index contributed by atoms with van der Waals surface area (Å²) in [6.45, 7) is 6.80. The molecular formula is C11H22. The molecule has 0 spiro atoms. The van der Waals surface area contributed by atoms with E-state index in [9.17, 15) is 0 Å². The van der Waals surface area contributed by atoms with Gasteiger partial charge in [0.25, 0.3) is 0 Å². The van der Waals surface area contributed by atoms with E-state index < -0.39 is 0 Å². The first kappa shape index (κ1) is 10.7. The van der Waals surface area contributed by atoms with E-state index in [1.165, 1.54) is 32.1 Å². The zero-order chi connectivity index (χ0) is 8.53. The molecule has 0 aliphatic heterocycles. The number of allylic oxidation sites excluding steroid dienone is 2. The van der Waals surface area contributed by atoms with Crippen molar-refractivity contribution in [1.29, 1.82) is 0 Å². The topological polar surface area (TPSA) is 0 Å². The molecule has 0 fully saturated rings. The van der Waals surface area contributed by atoms with Crippen LogP contribution < -0.4 is 0 Å². The molecule has 0 rings (SSSR count). The summed E-state index contributed by atoms with van der Waals surface area (Å²) in [5.41, 5.74) is 0. The van der Waals surface area contributed by atoms with Crippen LogP contribution in [0.25, 0.3) is 0 Å². The van der Waals surface area contributed by atoms with Crippen molar-refractivity contribution in [3.8, 4) is 0 Å². The first-order chi connectivity index (χ1) is 5.31. The molecule has 0 amide bonds. The summed E-state index contributed by atoms with van der Waals surface area (Å²) < 4.78 is 0. The molecule has 66 valence electrons. The first-order valence-electron chi connectivity index (χ1n) is 4.96. The van der Waals surface area contributed by atoms with Crippen molar-refractivity contribution in [2.24, 2.45) is 5.92 Å². The van der Waals surface area contributed by atoms with Gasteiger partial charge in [0.15, 0.2) is 0 Å². The van der Waals surface area contributed by atoms with Crippen LogP contribution in [0.4, 0.5) is 0 Å². The largest absolute Gasteiger partial charge is 0.0885 e. The average molecular weight is 154 g/mol. The van der Waals surface area contributed by atoms with Crippen molar-refractivity contribution in [3.63, 3.8) is 0 Å². The van der Waals surface area contributed by atoms with E-state index in [1.807, 2.05) is 0 Å². The maximum atomic E-state index is 2.34. The molecule has 0 heteroatoms. The van der Waals surface area contributed by atoms with Gasteiger partial charge in [-0.3, -0.25) is 0 Å². The fourth-order valence-electron chi connectivity index (χ4n) is 0.935. The molecule has 0 aromatic rings. The maximum Gasteiger partial charge on any atom is -0.0325 e. The third kappa shape index (κ3) is 7.64. The highest BCUT2D eigenvalue weighted by Crippen LogP contribution is 2.07. The van der Waals surface area contributed by atoms with Gasteiger partial charge in [-0.25, -0.2) is 0 Å². The minimum atomic E-state index is 0.868. The third-order valence-electron chi connectivity index (χ3n) is 2.13. The predicted molar refractivity (Wildman–Crippen MR) is 52.7 cm³/mol. The lowest BCUT2D eigenvalue weighted by atomic mass is 10.0. The fourth-order valence-corrected chi connectivity index (χ4v) is 0.935. The Bertz CT molecular complexity index is 92.2. The Morgan fingerprint density at radius 3 is 2.45 bits per heavy atom. The van der Waals surface area contributed by atoms with Gasteiger partial charge in [-0.15, -0.1) is 0 Å². The summed E-state index contributed by atoms with van der Waals surface area (Å²) in [4.78, 5) is 0. The molecule has 0 aromatic carbocycles. The van der Waals surface area contributed by atoms with Crippen LogP contribution in [0.5, 0.6) is 0 Å². The van der Waals surface area contributed by atoms with Crippen LogP contribution in [-0.4, -0.2) is 0 Å². The van der Waals surface area contributed by atoms with E-state index in [0.717, 1.165) is 5.92 Å². The summed E-state index contributed by atoms with van der Waals surface area (Å²) in [6.07, 6.45) is 11.2. The van der Waals surface area contributed by atoms with E-state index in [0.29, 0.717) is 0 Å². The Morgan fingerprint density at radius 2 is 1.91 bits per heavy atom. The second-order valence-electron chi connectivity index (χ2n) is 3.36. The number of hydrogen-bond donors (Lipinski definition) is 0. The molecule has 0 unspecified atom stereocenters. The van der Waals surface area contributed by atoms with Crippen molar-refractivity contribution < 1.29 is 0 Å². The lowest BCUT2D eigenvalue weighted by Gasteiger charge is -2.01. The van der Waals surface area contributed by atoms with Crippen LogP contribution in [0.3, 0.4) is 0 Å². The monoisotopic (exact) mass is 154 g/mol. The molecule has 0 radical (unpaired) electrons. The Morgan fingerprint density at radius 1 is 1.18 bits per heavy atom. The zero-order valence-corrected chi connectivity index (χ0v) is 8.27. The van der Waals surface area contributed by atoms with E-state index in [-0.39, 0.29) is 0 Å². The van der Waals surface area contributed by atoms with E-state index in [2.05, 4.69) is 32.9 Å². The molecule has 0 nitrogen and oxygen atoms in total. The molecule has 1 atom stereocenters. The van der Waals surface area contributed by atoms with Crippen molar-refractivity contribution in [3.05, 3.63) is 12.2 Å². The van der Waals surface area contributed by atoms with Gasteiger partial charge in [-0.2, -0.15) is 0 Å².